The molecule has 30 valence electrons. The molecule has 0 aliphatic heterocycles. The van der Waals surface area contributed by atoms with Gasteiger partial charge >= 0.3 is 140 Å². The second kappa shape index (κ2) is 16.3. The molecule has 7 heavy (non-hydrogen) atoms. The van der Waals surface area contributed by atoms with Crippen molar-refractivity contribution in [2.75, 3.05) is 0 Å². The summed E-state index contributed by atoms with van der Waals surface area (Å²) in [4.78, 5) is 8.56. The summed E-state index contributed by atoms with van der Waals surface area (Å²) in [6, 6.07) is 0. The third-order valence-electron chi connectivity index (χ3n) is 0. The maximum absolute atomic E-state index is 8.56. The largest absolute Gasteiger partial charge is 1.00 e. The fraction of sp³-hybridized carbons (Fsp3) is 0. The molecule has 0 aliphatic carbocycles. The summed E-state index contributed by atoms with van der Waals surface area (Å²) in [5.74, 6) is 0. The third-order valence-corrected chi connectivity index (χ3v) is 0. The Morgan fingerprint density at radius 3 is 1.43 bits per heavy atom. The molecule has 2 N–H and O–H groups in total. The summed E-state index contributed by atoms with van der Waals surface area (Å²) >= 11 is 0. The van der Waals surface area contributed by atoms with Crippen LogP contribution in [-0.4, -0.2) is 16.4 Å². The molecule has 0 rings (SSSR count). The van der Waals surface area contributed by atoms with Crippen molar-refractivity contribution >= 4 is 6.16 Å². The van der Waals surface area contributed by atoms with Gasteiger partial charge in [0.15, 0.2) is 0 Å². The standard InChI is InChI=1S/CH2O3.2K.Na.3H/c2-1(3)4;;;;;;/h(H2,2,3,4);;;;;;/q;3*+1;3*-1/p+1. The normalized spacial score (nSPS) is 3.43. The zero-order valence-electron chi connectivity index (χ0n) is 8.80. The Morgan fingerprint density at radius 1 is 1.43 bits per heavy atom. The number of carboxylic acid groups (broad SMARTS) is 2. The third kappa shape index (κ3) is 43.3. The second-order valence-electron chi connectivity index (χ2n) is 0.283. The predicted molar refractivity (Wildman–Crippen MR) is 15.1 cm³/mol. The molecule has 0 aromatic heterocycles. The average molecular weight is 167 g/mol. The molecule has 6 heteroatoms. The first-order valence-electron chi connectivity index (χ1n) is 0.651. The van der Waals surface area contributed by atoms with E-state index in [1.807, 2.05) is 0 Å². The molecule has 0 heterocycles. The van der Waals surface area contributed by atoms with Gasteiger partial charge in [-0.05, 0) is 0 Å². The first-order chi connectivity index (χ1) is 1.73. The Bertz CT molecular complexity index is 46.3. The number of hydrogen-bond acceptors (Lipinski definition) is 1. The summed E-state index contributed by atoms with van der Waals surface area (Å²) in [7, 11) is 0. The van der Waals surface area contributed by atoms with Gasteiger partial charge in [0.05, 0.1) is 0 Å². The fourth-order valence-corrected chi connectivity index (χ4v) is 0. The molecule has 0 saturated heterocycles. The van der Waals surface area contributed by atoms with Crippen LogP contribution in [0, 0.1) is 0 Å². The van der Waals surface area contributed by atoms with E-state index in [0.717, 1.165) is 0 Å². The van der Waals surface area contributed by atoms with E-state index in [2.05, 4.69) is 0 Å². The Morgan fingerprint density at radius 2 is 1.43 bits per heavy atom. The minimum absolute atomic E-state index is 0. The minimum Gasteiger partial charge on any atom is -1.00 e. The number of hydrogen-bond donors (Lipinski definition) is 2. The monoisotopic (exact) mass is 167 g/mol. The van der Waals surface area contributed by atoms with Crippen molar-refractivity contribution in [1.29, 1.82) is 0 Å². The van der Waals surface area contributed by atoms with Gasteiger partial charge in [-0.3, -0.25) is 0 Å². The van der Waals surface area contributed by atoms with Crippen molar-refractivity contribution in [3.63, 3.8) is 0 Å². The zero-order valence-corrected chi connectivity index (χ0v) is 13.0. The summed E-state index contributed by atoms with van der Waals surface area (Å²) in [5.41, 5.74) is 0. The second-order valence-corrected chi connectivity index (χ2v) is 0.283. The van der Waals surface area contributed by atoms with Gasteiger partial charge in [-0.25, -0.2) is 4.79 Å². The first kappa shape index (κ1) is 22.4. The van der Waals surface area contributed by atoms with Gasteiger partial charge in [0, 0.05) is 0 Å². The average Bonchev–Trinajstić information content (AvgIpc) is 0.811. The van der Waals surface area contributed by atoms with Crippen LogP contribution in [0.5, 0.6) is 0 Å². The van der Waals surface area contributed by atoms with E-state index < -0.39 is 6.16 Å². The van der Waals surface area contributed by atoms with Gasteiger partial charge in [0.2, 0.25) is 0 Å². The van der Waals surface area contributed by atoms with Crippen LogP contribution in [-0.2, 0) is 0 Å². The van der Waals surface area contributed by atoms with Crippen LogP contribution in [0.3, 0.4) is 0 Å². The van der Waals surface area contributed by atoms with Gasteiger partial charge in [-0.2, -0.15) is 0 Å². The van der Waals surface area contributed by atoms with Crippen molar-refractivity contribution < 1.29 is 153 Å². The maximum Gasteiger partial charge on any atom is 1.00 e. The zero-order chi connectivity index (χ0) is 3.58. The molecule has 0 aliphatic rings. The van der Waals surface area contributed by atoms with Crippen molar-refractivity contribution in [1.82, 2.24) is 0 Å². The molecule has 0 spiro atoms. The van der Waals surface area contributed by atoms with Crippen LogP contribution < -0.4 is 132 Å². The molecule has 3 nitrogen and oxygen atoms in total. The van der Waals surface area contributed by atoms with Crippen molar-refractivity contribution in [2.24, 2.45) is 0 Å². The van der Waals surface area contributed by atoms with E-state index in [1.54, 1.807) is 0 Å². The van der Waals surface area contributed by atoms with E-state index in [-0.39, 0.29) is 138 Å². The summed E-state index contributed by atoms with van der Waals surface area (Å²) in [5, 5.41) is 13.9. The van der Waals surface area contributed by atoms with Crippen LogP contribution in [0.4, 0.5) is 4.79 Å². The van der Waals surface area contributed by atoms with Crippen LogP contribution in [0.15, 0.2) is 0 Å². The maximum atomic E-state index is 8.56. The smallest absolute Gasteiger partial charge is 1.00 e. The Kier molecular flexibility index (Phi) is 52.1. The summed E-state index contributed by atoms with van der Waals surface area (Å²) in [6.07, 6.45) is -1.83. The molecule has 0 bridgehead atoms. The number of carbonyl (C=O) groups is 1. The molecule has 0 atom stereocenters. The van der Waals surface area contributed by atoms with Gasteiger partial charge < -0.3 is 14.5 Å². The van der Waals surface area contributed by atoms with Crippen molar-refractivity contribution in [3.8, 4) is 0 Å². The van der Waals surface area contributed by atoms with E-state index in [0.29, 0.717) is 0 Å². The molecule has 0 aromatic carbocycles. The fourth-order valence-electron chi connectivity index (χ4n) is 0. The summed E-state index contributed by atoms with van der Waals surface area (Å²) < 4.78 is 0. The molecular weight excluding hydrogens is 161 g/mol. The summed E-state index contributed by atoms with van der Waals surface area (Å²) in [6.45, 7) is 0. The van der Waals surface area contributed by atoms with Gasteiger partial charge in [-0.1, -0.05) is 0 Å². The van der Waals surface area contributed by atoms with Crippen LogP contribution in [0.1, 0.15) is 5.71 Å². The molecule has 0 amide bonds. The van der Waals surface area contributed by atoms with E-state index in [9.17, 15) is 0 Å². The van der Waals surface area contributed by atoms with Gasteiger partial charge in [-0.15, -0.1) is 0 Å². The molecule has 0 fully saturated rings. The molecule has 0 unspecified atom stereocenters. The Labute approximate surface area is 155 Å². The molecule has 0 saturated carbocycles. The molecule has 0 aromatic rings. The van der Waals surface area contributed by atoms with E-state index >= 15 is 0 Å². The topological polar surface area (TPSA) is 57.5 Å². The predicted octanol–water partition coefficient (Wildman–Crippen LogP) is -8.32. The van der Waals surface area contributed by atoms with Crippen molar-refractivity contribution in [3.05, 3.63) is 0 Å². The Balaban J connectivity index is -0.00000000214. The van der Waals surface area contributed by atoms with Crippen LogP contribution in [0.2, 0.25) is 0 Å². The van der Waals surface area contributed by atoms with Crippen LogP contribution >= 0.6 is 0 Å². The SMILES string of the molecule is O=C(O)O.[H+].[H-].[H-].[H-].[K+].[K+].[Na+]. The molecular formula is CH6K2NaO3+. The first-order valence-corrected chi connectivity index (χ1v) is 0.651. The van der Waals surface area contributed by atoms with Gasteiger partial charge in [0.25, 0.3) is 0 Å². The van der Waals surface area contributed by atoms with E-state index in [1.165, 1.54) is 0 Å². The minimum atomic E-state index is -1.83. The Hall–Kier alpha value is 3.54. The quantitative estimate of drug-likeness (QED) is 0.352. The molecule has 0 radical (unpaired) electrons. The number of rotatable bonds is 0. The van der Waals surface area contributed by atoms with Crippen LogP contribution in [0.25, 0.3) is 0 Å². The van der Waals surface area contributed by atoms with Crippen molar-refractivity contribution in [2.45, 2.75) is 0 Å². The van der Waals surface area contributed by atoms with E-state index in [4.69, 9.17) is 15.0 Å². The van der Waals surface area contributed by atoms with Gasteiger partial charge in [0.1, 0.15) is 0 Å².